The number of fused-ring (bicyclic) bond motifs is 1. The van der Waals surface area contributed by atoms with E-state index in [9.17, 15) is 9.59 Å². The summed E-state index contributed by atoms with van der Waals surface area (Å²) in [5.41, 5.74) is 0.768. The van der Waals surface area contributed by atoms with Crippen molar-refractivity contribution in [2.75, 3.05) is 0 Å². The molecule has 0 amide bonds. The molecule has 0 radical (unpaired) electrons. The fourth-order valence-corrected chi connectivity index (χ4v) is 2.39. The van der Waals surface area contributed by atoms with Crippen molar-refractivity contribution in [1.29, 1.82) is 0 Å². The van der Waals surface area contributed by atoms with Crippen molar-refractivity contribution < 1.29 is 0 Å². The van der Waals surface area contributed by atoms with Crippen molar-refractivity contribution in [2.45, 2.75) is 39.8 Å². The highest BCUT2D eigenvalue weighted by Crippen LogP contribution is 2.10. The largest absolute Gasteiger partial charge is 0.316 e. The Kier molecular flexibility index (Phi) is 4.56. The Balaban J connectivity index is 2.59. The van der Waals surface area contributed by atoms with Crippen molar-refractivity contribution in [3.63, 3.8) is 0 Å². The van der Waals surface area contributed by atoms with Crippen molar-refractivity contribution in [3.05, 3.63) is 57.1 Å². The third-order valence-corrected chi connectivity index (χ3v) is 3.37. The molecule has 4 heteroatoms. The third-order valence-electron chi connectivity index (χ3n) is 3.37. The maximum absolute atomic E-state index is 12.2. The van der Waals surface area contributed by atoms with Crippen LogP contribution in [0.15, 0.2) is 46.0 Å². The summed E-state index contributed by atoms with van der Waals surface area (Å²) < 4.78 is 3.12. The summed E-state index contributed by atoms with van der Waals surface area (Å²) in [6.07, 6.45) is 5.85. The molecule has 0 saturated carbocycles. The zero-order chi connectivity index (χ0) is 14.5. The fourth-order valence-electron chi connectivity index (χ4n) is 2.39. The van der Waals surface area contributed by atoms with Gasteiger partial charge in [-0.15, -0.1) is 0 Å². The molecule has 2 aromatic rings. The maximum atomic E-state index is 12.2. The van der Waals surface area contributed by atoms with Gasteiger partial charge in [0.15, 0.2) is 0 Å². The van der Waals surface area contributed by atoms with E-state index in [1.54, 1.807) is 4.57 Å². The number of nitrogens with zero attached hydrogens (tertiary/aromatic N) is 2. The normalized spacial score (nSPS) is 11.5. The molecule has 1 aromatic heterocycles. The van der Waals surface area contributed by atoms with Gasteiger partial charge in [0, 0.05) is 13.1 Å². The van der Waals surface area contributed by atoms with Gasteiger partial charge in [-0.25, -0.2) is 0 Å². The summed E-state index contributed by atoms with van der Waals surface area (Å²) in [6.45, 7) is 4.99. The van der Waals surface area contributed by atoms with E-state index in [4.69, 9.17) is 0 Å². The van der Waals surface area contributed by atoms with Crippen LogP contribution in [0.25, 0.3) is 11.0 Å². The molecule has 0 N–H and O–H groups in total. The lowest BCUT2D eigenvalue weighted by Gasteiger charge is -2.13. The van der Waals surface area contributed by atoms with Crippen LogP contribution in [0.5, 0.6) is 0 Å². The number of allylic oxidation sites excluding steroid dienone is 2. The van der Waals surface area contributed by atoms with Crippen molar-refractivity contribution >= 4 is 11.0 Å². The first-order chi connectivity index (χ1) is 9.70. The van der Waals surface area contributed by atoms with E-state index in [2.05, 4.69) is 13.0 Å². The zero-order valence-electron chi connectivity index (χ0n) is 12.0. The zero-order valence-corrected chi connectivity index (χ0v) is 12.0. The van der Waals surface area contributed by atoms with E-state index in [0.29, 0.717) is 13.1 Å². The predicted octanol–water partition coefficient (Wildman–Crippen LogP) is 2.54. The number of aromatic nitrogens is 2. The first-order valence-electron chi connectivity index (χ1n) is 7.08. The first-order valence-corrected chi connectivity index (χ1v) is 7.08. The molecule has 20 heavy (non-hydrogen) atoms. The molecule has 2 rings (SSSR count). The smallest absolute Gasteiger partial charge is 0.302 e. The minimum Gasteiger partial charge on any atom is -0.302 e. The second-order valence-electron chi connectivity index (χ2n) is 4.66. The Morgan fingerprint density at radius 2 is 1.55 bits per heavy atom. The predicted molar refractivity (Wildman–Crippen MR) is 82.2 cm³/mol. The van der Waals surface area contributed by atoms with Crippen LogP contribution < -0.4 is 11.1 Å². The molecular formula is C16H20N2O2. The number of hydrogen-bond donors (Lipinski definition) is 0. The minimum absolute atomic E-state index is 0.435. The third kappa shape index (κ3) is 2.59. The van der Waals surface area contributed by atoms with Crippen LogP contribution in [0.3, 0.4) is 0 Å². The van der Waals surface area contributed by atoms with Crippen LogP contribution in [-0.4, -0.2) is 9.13 Å². The Morgan fingerprint density at radius 3 is 2.15 bits per heavy atom. The summed E-state index contributed by atoms with van der Waals surface area (Å²) in [5.74, 6) is 0. The van der Waals surface area contributed by atoms with E-state index < -0.39 is 11.1 Å². The number of para-hydroxylation sites is 2. The van der Waals surface area contributed by atoms with Crippen LogP contribution in [-0.2, 0) is 13.1 Å². The average molecular weight is 272 g/mol. The molecule has 0 fully saturated rings. The SMILES string of the molecule is CCC=CCCn1c(=O)c(=O)n(CC)c2ccccc21. The molecule has 0 bridgehead atoms. The molecule has 0 aliphatic rings. The van der Waals surface area contributed by atoms with Crippen LogP contribution in [0.1, 0.15) is 26.7 Å². The molecule has 0 spiro atoms. The van der Waals surface area contributed by atoms with Crippen molar-refractivity contribution in [1.82, 2.24) is 9.13 Å². The van der Waals surface area contributed by atoms with E-state index in [-0.39, 0.29) is 0 Å². The summed E-state index contributed by atoms with van der Waals surface area (Å²) >= 11 is 0. The second kappa shape index (κ2) is 6.37. The number of aryl methyl sites for hydroxylation is 2. The number of benzene rings is 1. The Morgan fingerprint density at radius 1 is 0.950 bits per heavy atom. The first kappa shape index (κ1) is 14.3. The van der Waals surface area contributed by atoms with E-state index >= 15 is 0 Å². The Hall–Kier alpha value is -2.10. The Labute approximate surface area is 118 Å². The van der Waals surface area contributed by atoms with Gasteiger partial charge in [-0.2, -0.15) is 0 Å². The van der Waals surface area contributed by atoms with E-state index in [1.807, 2.05) is 37.3 Å². The van der Waals surface area contributed by atoms with Crippen LogP contribution >= 0.6 is 0 Å². The minimum atomic E-state index is -0.439. The lowest BCUT2D eigenvalue weighted by molar-refractivity contribution is 0.658. The summed E-state index contributed by atoms with van der Waals surface area (Å²) in [4.78, 5) is 24.4. The van der Waals surface area contributed by atoms with Crippen LogP contribution in [0, 0.1) is 0 Å². The van der Waals surface area contributed by atoms with Crippen molar-refractivity contribution in [3.8, 4) is 0 Å². The quantitative estimate of drug-likeness (QED) is 0.620. The topological polar surface area (TPSA) is 44.0 Å². The van der Waals surface area contributed by atoms with Gasteiger partial charge < -0.3 is 9.13 Å². The van der Waals surface area contributed by atoms with Gasteiger partial charge in [0.2, 0.25) is 0 Å². The van der Waals surface area contributed by atoms with Gasteiger partial charge in [0.05, 0.1) is 11.0 Å². The van der Waals surface area contributed by atoms with E-state index in [1.165, 1.54) is 4.57 Å². The summed E-state index contributed by atoms with van der Waals surface area (Å²) in [5, 5.41) is 0. The molecule has 0 aliphatic carbocycles. The van der Waals surface area contributed by atoms with Crippen molar-refractivity contribution in [2.24, 2.45) is 0 Å². The second-order valence-corrected chi connectivity index (χ2v) is 4.66. The number of rotatable bonds is 5. The fraction of sp³-hybridized carbons (Fsp3) is 0.375. The summed E-state index contributed by atoms with van der Waals surface area (Å²) in [7, 11) is 0. The van der Waals surface area contributed by atoms with Gasteiger partial charge in [0.1, 0.15) is 0 Å². The highest BCUT2D eigenvalue weighted by molar-refractivity contribution is 5.75. The highest BCUT2D eigenvalue weighted by atomic mass is 16.2. The molecule has 1 aromatic carbocycles. The highest BCUT2D eigenvalue weighted by Gasteiger charge is 2.10. The van der Waals surface area contributed by atoms with Gasteiger partial charge in [0.25, 0.3) is 0 Å². The molecule has 0 saturated heterocycles. The lowest BCUT2D eigenvalue weighted by Crippen LogP contribution is -2.41. The molecular weight excluding hydrogens is 252 g/mol. The molecule has 106 valence electrons. The molecule has 1 heterocycles. The Bertz CT molecular complexity index is 738. The number of hydrogen-bond acceptors (Lipinski definition) is 2. The van der Waals surface area contributed by atoms with Gasteiger partial charge in [-0.3, -0.25) is 9.59 Å². The van der Waals surface area contributed by atoms with Gasteiger partial charge >= 0.3 is 11.1 Å². The molecule has 0 atom stereocenters. The monoisotopic (exact) mass is 272 g/mol. The molecule has 0 unspecified atom stereocenters. The van der Waals surface area contributed by atoms with Gasteiger partial charge in [-0.1, -0.05) is 31.2 Å². The van der Waals surface area contributed by atoms with Crippen LogP contribution in [0.4, 0.5) is 0 Å². The average Bonchev–Trinajstić information content (AvgIpc) is 2.47. The van der Waals surface area contributed by atoms with Crippen LogP contribution in [0.2, 0.25) is 0 Å². The molecule has 0 aliphatic heterocycles. The summed E-state index contributed by atoms with van der Waals surface area (Å²) in [6, 6.07) is 7.56. The lowest BCUT2D eigenvalue weighted by atomic mass is 10.2. The standard InChI is InChI=1S/C16H20N2O2/c1-3-5-6-9-12-18-14-11-8-7-10-13(14)17(4-2)15(19)16(18)20/h5-8,10-11H,3-4,9,12H2,1-2H3. The van der Waals surface area contributed by atoms with E-state index in [0.717, 1.165) is 23.9 Å². The maximum Gasteiger partial charge on any atom is 0.316 e. The van der Waals surface area contributed by atoms with Gasteiger partial charge in [-0.05, 0) is 31.9 Å². The molecule has 4 nitrogen and oxygen atoms in total.